The molecule has 21 heavy (non-hydrogen) atoms. The fraction of sp³-hybridized carbons (Fsp3) is 0.353. The zero-order valence-corrected chi connectivity index (χ0v) is 14.1. The molecule has 0 saturated heterocycles. The molecule has 4 heteroatoms. The summed E-state index contributed by atoms with van der Waals surface area (Å²) in [6.07, 6.45) is 5.19. The topological polar surface area (TPSA) is 16.1 Å². The van der Waals surface area contributed by atoms with Crippen LogP contribution in [0.3, 0.4) is 0 Å². The molecule has 0 aliphatic heterocycles. The molecule has 2 nitrogen and oxygen atoms in total. The standard InChI is InChI=1S/C17H20N2S2/c1-19(2)11-9-16-14(7-8-17-18-10-12-20-17)13-5-3-4-6-15(13)21-16/h3-6,10,12H,7-9,11H2,1-2H3. The van der Waals surface area contributed by atoms with Gasteiger partial charge in [-0.2, -0.15) is 0 Å². The first-order valence-electron chi connectivity index (χ1n) is 7.26. The monoisotopic (exact) mass is 316 g/mol. The first-order chi connectivity index (χ1) is 10.2. The summed E-state index contributed by atoms with van der Waals surface area (Å²) in [4.78, 5) is 8.22. The Kier molecular flexibility index (Phi) is 4.68. The lowest BCUT2D eigenvalue weighted by molar-refractivity contribution is 0.414. The van der Waals surface area contributed by atoms with E-state index in [-0.39, 0.29) is 0 Å². The summed E-state index contributed by atoms with van der Waals surface area (Å²) in [7, 11) is 4.28. The molecular formula is C17H20N2S2. The van der Waals surface area contributed by atoms with Crippen LogP contribution >= 0.6 is 22.7 Å². The van der Waals surface area contributed by atoms with Gasteiger partial charge in [0.25, 0.3) is 0 Å². The van der Waals surface area contributed by atoms with Crippen LogP contribution in [-0.4, -0.2) is 30.5 Å². The lowest BCUT2D eigenvalue weighted by Crippen LogP contribution is -2.15. The van der Waals surface area contributed by atoms with Crippen LogP contribution in [0.15, 0.2) is 35.8 Å². The van der Waals surface area contributed by atoms with Crippen molar-refractivity contribution < 1.29 is 0 Å². The molecule has 3 aromatic rings. The Morgan fingerprint density at radius 1 is 1.10 bits per heavy atom. The average molecular weight is 316 g/mol. The molecule has 0 saturated carbocycles. The highest BCUT2D eigenvalue weighted by atomic mass is 32.1. The van der Waals surface area contributed by atoms with Gasteiger partial charge in [0.2, 0.25) is 0 Å². The van der Waals surface area contributed by atoms with E-state index in [0.717, 1.165) is 25.8 Å². The molecule has 0 aliphatic rings. The minimum absolute atomic E-state index is 1.05. The minimum atomic E-state index is 1.05. The van der Waals surface area contributed by atoms with Gasteiger partial charge in [0.05, 0.1) is 5.01 Å². The van der Waals surface area contributed by atoms with Crippen molar-refractivity contribution in [2.24, 2.45) is 0 Å². The molecule has 0 aliphatic carbocycles. The highest BCUT2D eigenvalue weighted by molar-refractivity contribution is 7.19. The summed E-state index contributed by atoms with van der Waals surface area (Å²) in [6, 6.07) is 8.80. The van der Waals surface area contributed by atoms with Crippen molar-refractivity contribution in [2.45, 2.75) is 19.3 Å². The number of nitrogens with zero attached hydrogens (tertiary/aromatic N) is 2. The van der Waals surface area contributed by atoms with E-state index >= 15 is 0 Å². The van der Waals surface area contributed by atoms with Gasteiger partial charge >= 0.3 is 0 Å². The maximum Gasteiger partial charge on any atom is 0.0928 e. The third-order valence-corrected chi connectivity index (χ3v) is 5.75. The number of benzene rings is 1. The summed E-state index contributed by atoms with van der Waals surface area (Å²) >= 11 is 3.72. The molecule has 110 valence electrons. The number of aromatic nitrogens is 1. The number of thiophene rings is 1. The van der Waals surface area contributed by atoms with Crippen molar-refractivity contribution in [3.63, 3.8) is 0 Å². The predicted octanol–water partition coefficient (Wildman–Crippen LogP) is 4.25. The zero-order valence-electron chi connectivity index (χ0n) is 12.5. The number of aryl methyl sites for hydroxylation is 2. The van der Waals surface area contributed by atoms with E-state index in [2.05, 4.69) is 53.6 Å². The molecular weight excluding hydrogens is 296 g/mol. The van der Waals surface area contributed by atoms with E-state index in [0.29, 0.717) is 0 Å². The second-order valence-electron chi connectivity index (χ2n) is 5.48. The third kappa shape index (κ3) is 3.51. The van der Waals surface area contributed by atoms with Crippen molar-refractivity contribution in [3.05, 3.63) is 51.3 Å². The van der Waals surface area contributed by atoms with Crippen LogP contribution in [0.25, 0.3) is 10.1 Å². The lowest BCUT2D eigenvalue weighted by atomic mass is 10.0. The van der Waals surface area contributed by atoms with Crippen molar-refractivity contribution in [1.29, 1.82) is 0 Å². The van der Waals surface area contributed by atoms with Gasteiger partial charge in [-0.05, 0) is 44.0 Å². The Hall–Kier alpha value is -1.23. The highest BCUT2D eigenvalue weighted by Gasteiger charge is 2.12. The Balaban J connectivity index is 1.87. The molecule has 1 aromatic carbocycles. The van der Waals surface area contributed by atoms with Crippen molar-refractivity contribution in [3.8, 4) is 0 Å². The summed E-state index contributed by atoms with van der Waals surface area (Å²) in [5.74, 6) is 0. The molecule has 2 heterocycles. The highest BCUT2D eigenvalue weighted by Crippen LogP contribution is 2.32. The maximum atomic E-state index is 4.41. The first-order valence-corrected chi connectivity index (χ1v) is 8.96. The van der Waals surface area contributed by atoms with Crippen molar-refractivity contribution in [1.82, 2.24) is 9.88 Å². The Morgan fingerprint density at radius 2 is 1.95 bits per heavy atom. The van der Waals surface area contributed by atoms with E-state index in [1.165, 1.54) is 20.7 Å². The van der Waals surface area contributed by atoms with Gasteiger partial charge in [-0.1, -0.05) is 18.2 Å². The third-order valence-electron chi connectivity index (χ3n) is 3.64. The predicted molar refractivity (Wildman–Crippen MR) is 93.6 cm³/mol. The molecule has 0 atom stereocenters. The number of hydrogen-bond donors (Lipinski definition) is 0. The van der Waals surface area contributed by atoms with Crippen molar-refractivity contribution >= 4 is 32.8 Å². The Labute approximate surface area is 134 Å². The molecule has 2 aromatic heterocycles. The molecule has 0 N–H and O–H groups in total. The molecule has 0 amide bonds. The smallest absolute Gasteiger partial charge is 0.0928 e. The quantitative estimate of drug-likeness (QED) is 0.676. The van der Waals surface area contributed by atoms with Crippen LogP contribution in [0.2, 0.25) is 0 Å². The van der Waals surface area contributed by atoms with E-state index in [9.17, 15) is 0 Å². The van der Waals surface area contributed by atoms with E-state index < -0.39 is 0 Å². The largest absolute Gasteiger partial charge is 0.309 e. The maximum absolute atomic E-state index is 4.41. The van der Waals surface area contributed by atoms with E-state index in [1.807, 2.05) is 17.5 Å². The van der Waals surface area contributed by atoms with Gasteiger partial charge in [-0.3, -0.25) is 0 Å². The summed E-state index contributed by atoms with van der Waals surface area (Å²) in [5.41, 5.74) is 1.53. The van der Waals surface area contributed by atoms with Gasteiger partial charge in [0.15, 0.2) is 0 Å². The van der Waals surface area contributed by atoms with Gasteiger partial charge in [0.1, 0.15) is 0 Å². The normalized spacial score (nSPS) is 11.6. The summed E-state index contributed by atoms with van der Waals surface area (Å²) in [6.45, 7) is 1.11. The fourth-order valence-corrected chi connectivity index (χ4v) is 4.42. The van der Waals surface area contributed by atoms with Gasteiger partial charge in [0, 0.05) is 34.1 Å². The number of thiazole rings is 1. The summed E-state index contributed by atoms with van der Waals surface area (Å²) < 4.78 is 1.42. The van der Waals surface area contributed by atoms with Crippen molar-refractivity contribution in [2.75, 3.05) is 20.6 Å². The van der Waals surface area contributed by atoms with Crippen LogP contribution in [0.4, 0.5) is 0 Å². The molecule has 0 fully saturated rings. The molecule has 0 radical (unpaired) electrons. The van der Waals surface area contributed by atoms with Crippen LogP contribution in [-0.2, 0) is 19.3 Å². The van der Waals surface area contributed by atoms with Gasteiger partial charge in [-0.15, -0.1) is 22.7 Å². The molecule has 0 unspecified atom stereocenters. The SMILES string of the molecule is CN(C)CCc1sc2ccccc2c1CCc1nccs1. The average Bonchev–Trinajstić information content (AvgIpc) is 3.10. The van der Waals surface area contributed by atoms with Gasteiger partial charge in [-0.25, -0.2) is 4.98 Å². The number of likely N-dealkylation sites (N-methyl/N-ethyl adjacent to an activating group) is 1. The van der Waals surface area contributed by atoms with Crippen LogP contribution < -0.4 is 0 Å². The van der Waals surface area contributed by atoms with E-state index in [1.54, 1.807) is 16.2 Å². The van der Waals surface area contributed by atoms with Gasteiger partial charge < -0.3 is 4.90 Å². The van der Waals surface area contributed by atoms with Crippen LogP contribution in [0.5, 0.6) is 0 Å². The second kappa shape index (κ2) is 6.69. The molecule has 0 bridgehead atoms. The second-order valence-corrected chi connectivity index (χ2v) is 7.59. The fourth-order valence-electron chi connectivity index (χ4n) is 2.56. The Bertz CT molecular complexity index is 699. The zero-order chi connectivity index (χ0) is 14.7. The van der Waals surface area contributed by atoms with Crippen LogP contribution in [0.1, 0.15) is 15.4 Å². The first kappa shape index (κ1) is 14.7. The number of fused-ring (bicyclic) bond motifs is 1. The molecule has 0 spiro atoms. The Morgan fingerprint density at radius 3 is 2.71 bits per heavy atom. The number of hydrogen-bond acceptors (Lipinski definition) is 4. The minimum Gasteiger partial charge on any atom is -0.309 e. The number of rotatable bonds is 6. The summed E-state index contributed by atoms with van der Waals surface area (Å²) in [5, 5.41) is 4.74. The van der Waals surface area contributed by atoms with Crippen LogP contribution in [0, 0.1) is 0 Å². The van der Waals surface area contributed by atoms with E-state index in [4.69, 9.17) is 0 Å². The lowest BCUT2D eigenvalue weighted by Gasteiger charge is -2.09. The molecule has 3 rings (SSSR count).